The number of nitrogen functional groups attached to an aromatic ring is 1. The highest BCUT2D eigenvalue weighted by molar-refractivity contribution is 5.73. The summed E-state index contributed by atoms with van der Waals surface area (Å²) in [7, 11) is 4.87. The Kier molecular flexibility index (Phi) is 4.21. The van der Waals surface area contributed by atoms with E-state index >= 15 is 0 Å². The molecule has 21 heavy (non-hydrogen) atoms. The second-order valence-electron chi connectivity index (χ2n) is 4.74. The summed E-state index contributed by atoms with van der Waals surface area (Å²) in [5, 5.41) is 0. The topological polar surface area (TPSA) is 47.7 Å². The van der Waals surface area contributed by atoms with Crippen LogP contribution in [-0.2, 0) is 0 Å². The standard InChI is InChI=1S/C16H19FN2O2/c1-10-14(18)8-12(20-3)9-15(10)19(2)11-5-6-16(21-4)13(17)7-11/h5-9H,18H2,1-4H3. The lowest BCUT2D eigenvalue weighted by atomic mass is 10.1. The van der Waals surface area contributed by atoms with Crippen LogP contribution in [0.5, 0.6) is 11.5 Å². The average molecular weight is 290 g/mol. The summed E-state index contributed by atoms with van der Waals surface area (Å²) in [6.07, 6.45) is 0. The van der Waals surface area contributed by atoms with E-state index in [0.717, 1.165) is 11.3 Å². The summed E-state index contributed by atoms with van der Waals surface area (Å²) in [6, 6.07) is 8.44. The maximum Gasteiger partial charge on any atom is 0.167 e. The minimum atomic E-state index is -0.407. The highest BCUT2D eigenvalue weighted by Gasteiger charge is 2.13. The quantitative estimate of drug-likeness (QED) is 0.875. The normalized spacial score (nSPS) is 10.3. The van der Waals surface area contributed by atoms with Crippen LogP contribution in [0.15, 0.2) is 30.3 Å². The Morgan fingerprint density at radius 1 is 1.10 bits per heavy atom. The van der Waals surface area contributed by atoms with Gasteiger partial charge < -0.3 is 20.1 Å². The van der Waals surface area contributed by atoms with Gasteiger partial charge in [0.2, 0.25) is 0 Å². The molecule has 2 rings (SSSR count). The van der Waals surface area contributed by atoms with Gasteiger partial charge in [0.1, 0.15) is 5.75 Å². The first-order valence-electron chi connectivity index (χ1n) is 6.49. The van der Waals surface area contributed by atoms with E-state index in [0.29, 0.717) is 17.1 Å². The van der Waals surface area contributed by atoms with Crippen LogP contribution in [0.1, 0.15) is 5.56 Å². The zero-order valence-electron chi connectivity index (χ0n) is 12.6. The Morgan fingerprint density at radius 3 is 2.38 bits per heavy atom. The van der Waals surface area contributed by atoms with Crippen LogP contribution in [0.3, 0.4) is 0 Å². The molecule has 0 aliphatic rings. The summed E-state index contributed by atoms with van der Waals surface area (Å²) >= 11 is 0. The van der Waals surface area contributed by atoms with E-state index in [9.17, 15) is 4.39 Å². The van der Waals surface area contributed by atoms with Crippen molar-refractivity contribution in [3.05, 3.63) is 41.7 Å². The van der Waals surface area contributed by atoms with Gasteiger partial charge in [-0.05, 0) is 24.6 Å². The summed E-state index contributed by atoms with van der Waals surface area (Å²) in [6.45, 7) is 1.92. The van der Waals surface area contributed by atoms with E-state index in [-0.39, 0.29) is 5.75 Å². The van der Waals surface area contributed by atoms with Gasteiger partial charge in [-0.1, -0.05) is 0 Å². The average Bonchev–Trinajstić information content (AvgIpc) is 2.49. The highest BCUT2D eigenvalue weighted by atomic mass is 19.1. The molecule has 2 aromatic rings. The fourth-order valence-electron chi connectivity index (χ4n) is 2.16. The maximum atomic E-state index is 13.9. The number of methoxy groups -OCH3 is 2. The minimum Gasteiger partial charge on any atom is -0.497 e. The number of benzene rings is 2. The Balaban J connectivity index is 2.46. The molecule has 0 saturated heterocycles. The van der Waals surface area contributed by atoms with Crippen molar-refractivity contribution in [1.29, 1.82) is 0 Å². The number of ether oxygens (including phenoxy) is 2. The molecule has 0 saturated carbocycles. The second kappa shape index (κ2) is 5.91. The molecule has 0 fully saturated rings. The van der Waals surface area contributed by atoms with Crippen molar-refractivity contribution in [2.24, 2.45) is 0 Å². The molecule has 0 aliphatic carbocycles. The number of nitrogens with two attached hydrogens (primary N) is 1. The van der Waals surface area contributed by atoms with Crippen LogP contribution in [0.4, 0.5) is 21.5 Å². The van der Waals surface area contributed by atoms with Crippen molar-refractivity contribution in [3.63, 3.8) is 0 Å². The molecular weight excluding hydrogens is 271 g/mol. The lowest BCUT2D eigenvalue weighted by Crippen LogP contribution is -2.12. The van der Waals surface area contributed by atoms with Crippen LogP contribution in [0.25, 0.3) is 0 Å². The van der Waals surface area contributed by atoms with Crippen molar-refractivity contribution in [1.82, 2.24) is 0 Å². The van der Waals surface area contributed by atoms with Crippen molar-refractivity contribution in [3.8, 4) is 11.5 Å². The summed E-state index contributed by atoms with van der Waals surface area (Å²) in [4.78, 5) is 1.86. The van der Waals surface area contributed by atoms with Crippen LogP contribution >= 0.6 is 0 Å². The molecule has 0 heterocycles. The maximum absolute atomic E-state index is 13.9. The van der Waals surface area contributed by atoms with Gasteiger partial charge >= 0.3 is 0 Å². The lowest BCUT2D eigenvalue weighted by molar-refractivity contribution is 0.386. The second-order valence-corrected chi connectivity index (χ2v) is 4.74. The molecule has 4 nitrogen and oxygen atoms in total. The highest BCUT2D eigenvalue weighted by Crippen LogP contribution is 2.35. The van der Waals surface area contributed by atoms with Gasteiger partial charge in [0, 0.05) is 42.3 Å². The van der Waals surface area contributed by atoms with Gasteiger partial charge in [-0.25, -0.2) is 4.39 Å². The van der Waals surface area contributed by atoms with Crippen LogP contribution < -0.4 is 20.1 Å². The first-order valence-corrected chi connectivity index (χ1v) is 6.49. The monoisotopic (exact) mass is 290 g/mol. The number of rotatable bonds is 4. The lowest BCUT2D eigenvalue weighted by Gasteiger charge is -2.23. The van der Waals surface area contributed by atoms with Crippen LogP contribution in [-0.4, -0.2) is 21.3 Å². The van der Waals surface area contributed by atoms with E-state index in [1.807, 2.05) is 24.9 Å². The largest absolute Gasteiger partial charge is 0.497 e. The van der Waals surface area contributed by atoms with E-state index in [2.05, 4.69) is 0 Å². The Labute approximate surface area is 123 Å². The third kappa shape index (κ3) is 2.86. The SMILES string of the molecule is COc1cc(N)c(C)c(N(C)c2ccc(OC)c(F)c2)c1. The fourth-order valence-corrected chi connectivity index (χ4v) is 2.16. The Bertz CT molecular complexity index is 659. The minimum absolute atomic E-state index is 0.217. The molecule has 0 aromatic heterocycles. The predicted molar refractivity (Wildman–Crippen MR) is 83.2 cm³/mol. The van der Waals surface area contributed by atoms with Crippen molar-refractivity contribution in [2.75, 3.05) is 31.9 Å². The Hall–Kier alpha value is -2.43. The number of hydrogen-bond acceptors (Lipinski definition) is 4. The van der Waals surface area contributed by atoms with E-state index in [1.165, 1.54) is 13.2 Å². The van der Waals surface area contributed by atoms with Crippen molar-refractivity contribution >= 4 is 17.1 Å². The van der Waals surface area contributed by atoms with E-state index in [4.69, 9.17) is 15.2 Å². The van der Waals surface area contributed by atoms with E-state index < -0.39 is 5.82 Å². The van der Waals surface area contributed by atoms with E-state index in [1.54, 1.807) is 25.3 Å². The zero-order chi connectivity index (χ0) is 15.6. The third-order valence-electron chi connectivity index (χ3n) is 3.51. The molecule has 0 amide bonds. The van der Waals surface area contributed by atoms with Gasteiger partial charge in [-0.15, -0.1) is 0 Å². The molecule has 2 aromatic carbocycles. The smallest absolute Gasteiger partial charge is 0.167 e. The number of hydrogen-bond donors (Lipinski definition) is 1. The molecule has 0 bridgehead atoms. The first-order chi connectivity index (χ1) is 9.97. The zero-order valence-corrected chi connectivity index (χ0v) is 12.6. The van der Waals surface area contributed by atoms with Crippen LogP contribution in [0.2, 0.25) is 0 Å². The molecular formula is C16H19FN2O2. The molecule has 0 aliphatic heterocycles. The molecule has 0 radical (unpaired) electrons. The van der Waals surface area contributed by atoms with Gasteiger partial charge in [0.25, 0.3) is 0 Å². The van der Waals surface area contributed by atoms with Crippen LogP contribution in [0, 0.1) is 12.7 Å². The number of halogens is 1. The number of nitrogens with zero attached hydrogens (tertiary/aromatic N) is 1. The number of anilines is 3. The molecule has 5 heteroatoms. The van der Waals surface area contributed by atoms with Gasteiger partial charge in [-0.3, -0.25) is 0 Å². The fraction of sp³-hybridized carbons (Fsp3) is 0.250. The summed E-state index contributed by atoms with van der Waals surface area (Å²) < 4.78 is 24.0. The first kappa shape index (κ1) is 15.0. The van der Waals surface area contributed by atoms with Crippen molar-refractivity contribution < 1.29 is 13.9 Å². The summed E-state index contributed by atoms with van der Waals surface area (Å²) in [5.74, 6) is 0.471. The summed E-state index contributed by atoms with van der Waals surface area (Å²) in [5.41, 5.74) is 9.09. The molecule has 2 N–H and O–H groups in total. The molecule has 0 atom stereocenters. The third-order valence-corrected chi connectivity index (χ3v) is 3.51. The van der Waals surface area contributed by atoms with Gasteiger partial charge in [0.15, 0.2) is 11.6 Å². The Morgan fingerprint density at radius 2 is 1.81 bits per heavy atom. The molecule has 112 valence electrons. The van der Waals surface area contributed by atoms with Gasteiger partial charge in [0.05, 0.1) is 14.2 Å². The molecule has 0 spiro atoms. The predicted octanol–water partition coefficient (Wildman–Crippen LogP) is 3.50. The molecule has 0 unspecified atom stereocenters. The van der Waals surface area contributed by atoms with Gasteiger partial charge in [-0.2, -0.15) is 0 Å². The van der Waals surface area contributed by atoms with Crippen molar-refractivity contribution in [2.45, 2.75) is 6.92 Å².